The highest BCUT2D eigenvalue weighted by molar-refractivity contribution is 5.71. The zero-order chi connectivity index (χ0) is 57.8. The molecule has 0 aliphatic rings. The van der Waals surface area contributed by atoms with E-state index in [2.05, 4.69) is 179 Å². The second-order valence-electron chi connectivity index (χ2n) is 20.9. The molecule has 0 saturated carbocycles. The summed E-state index contributed by atoms with van der Waals surface area (Å²) in [5.41, 5.74) is 0. The van der Waals surface area contributed by atoms with Crippen LogP contribution < -0.4 is 0 Å². The van der Waals surface area contributed by atoms with Crippen LogP contribution in [0.2, 0.25) is 0 Å². The summed E-state index contributed by atoms with van der Waals surface area (Å²) in [6, 6.07) is 0. The van der Waals surface area contributed by atoms with Gasteiger partial charge in [0.2, 0.25) is 0 Å². The average Bonchev–Trinajstić information content (AvgIpc) is 3.46. The van der Waals surface area contributed by atoms with Gasteiger partial charge in [-0.25, -0.2) is 0 Å². The normalized spacial score (nSPS) is 13.2. The monoisotopic (exact) mass is 1100 g/mol. The van der Waals surface area contributed by atoms with Crippen molar-refractivity contribution in [1.29, 1.82) is 0 Å². The molecule has 80 heavy (non-hydrogen) atoms. The quantitative estimate of drug-likeness (QED) is 0.0261. The van der Waals surface area contributed by atoms with Crippen LogP contribution in [0.4, 0.5) is 0 Å². The minimum absolute atomic E-state index is 0.0998. The summed E-state index contributed by atoms with van der Waals surface area (Å²) in [6.45, 7) is 6.31. The number of unbranched alkanes of at least 4 members (excludes halogenated alkanes) is 20. The highest BCUT2D eigenvalue weighted by Crippen LogP contribution is 2.15. The van der Waals surface area contributed by atoms with E-state index < -0.39 is 6.10 Å². The topological polar surface area (TPSA) is 78.9 Å². The van der Waals surface area contributed by atoms with Crippen molar-refractivity contribution in [2.45, 2.75) is 277 Å². The zero-order valence-electron chi connectivity index (χ0n) is 51.5. The molecule has 0 amide bonds. The minimum Gasteiger partial charge on any atom is -0.462 e. The van der Waals surface area contributed by atoms with Gasteiger partial charge in [0.1, 0.15) is 13.2 Å². The van der Waals surface area contributed by atoms with Gasteiger partial charge in [-0.15, -0.1) is 0 Å². The number of hydrogen-bond acceptors (Lipinski definition) is 6. The van der Waals surface area contributed by atoms with Gasteiger partial charge in [-0.1, -0.05) is 281 Å². The number of carbonyl (C=O) groups excluding carboxylic acids is 3. The molecular weight excluding hydrogens is 985 g/mol. The van der Waals surface area contributed by atoms with Crippen molar-refractivity contribution < 1.29 is 28.6 Å². The van der Waals surface area contributed by atoms with Gasteiger partial charge in [0, 0.05) is 19.3 Å². The molecule has 6 heteroatoms. The minimum atomic E-state index is -0.804. The molecule has 0 radical (unpaired) electrons. The fourth-order valence-electron chi connectivity index (χ4n) is 8.48. The van der Waals surface area contributed by atoms with Gasteiger partial charge in [-0.2, -0.15) is 0 Å². The number of hydrogen-bond donors (Lipinski definition) is 0. The van der Waals surface area contributed by atoms with Crippen molar-refractivity contribution in [1.82, 2.24) is 0 Å². The summed E-state index contributed by atoms with van der Waals surface area (Å²) in [4.78, 5) is 38.0. The number of ether oxygens (including phenoxy) is 3. The molecule has 0 N–H and O–H groups in total. The van der Waals surface area contributed by atoms with Crippen LogP contribution in [-0.4, -0.2) is 37.2 Å². The van der Waals surface area contributed by atoms with E-state index in [4.69, 9.17) is 14.2 Å². The lowest BCUT2D eigenvalue weighted by Crippen LogP contribution is -2.30. The molecule has 0 aliphatic heterocycles. The van der Waals surface area contributed by atoms with Crippen LogP contribution in [0.15, 0.2) is 158 Å². The molecule has 0 aromatic heterocycles. The first-order valence-corrected chi connectivity index (χ1v) is 32.5. The molecule has 0 heterocycles. The van der Waals surface area contributed by atoms with Crippen LogP contribution in [0.3, 0.4) is 0 Å². The smallest absolute Gasteiger partial charge is 0.306 e. The van der Waals surface area contributed by atoms with E-state index >= 15 is 0 Å². The van der Waals surface area contributed by atoms with Crippen LogP contribution in [0.5, 0.6) is 0 Å². The van der Waals surface area contributed by atoms with Gasteiger partial charge < -0.3 is 14.2 Å². The third-order valence-electron chi connectivity index (χ3n) is 13.3. The maximum absolute atomic E-state index is 12.8. The van der Waals surface area contributed by atoms with Crippen LogP contribution in [0.25, 0.3) is 0 Å². The van der Waals surface area contributed by atoms with E-state index in [1.165, 1.54) is 89.9 Å². The fourth-order valence-corrected chi connectivity index (χ4v) is 8.48. The van der Waals surface area contributed by atoms with E-state index in [1.54, 1.807) is 0 Å². The molecule has 6 nitrogen and oxygen atoms in total. The van der Waals surface area contributed by atoms with Crippen LogP contribution in [-0.2, 0) is 28.6 Å². The summed E-state index contributed by atoms with van der Waals surface area (Å²) in [5, 5.41) is 0. The van der Waals surface area contributed by atoms with Crippen molar-refractivity contribution in [2.24, 2.45) is 0 Å². The third-order valence-corrected chi connectivity index (χ3v) is 13.3. The van der Waals surface area contributed by atoms with Gasteiger partial charge >= 0.3 is 17.9 Å². The Balaban J connectivity index is 4.12. The fraction of sp³-hybridized carbons (Fsp3) is 0.608. The molecule has 0 aromatic rings. The van der Waals surface area contributed by atoms with Gasteiger partial charge in [-0.3, -0.25) is 14.4 Å². The van der Waals surface area contributed by atoms with Gasteiger partial charge in [0.05, 0.1) is 0 Å². The Morgan fingerprint density at radius 2 is 0.487 bits per heavy atom. The predicted octanol–water partition coefficient (Wildman–Crippen LogP) is 22.5. The van der Waals surface area contributed by atoms with Crippen molar-refractivity contribution in [3.8, 4) is 0 Å². The number of allylic oxidation sites excluding steroid dienone is 26. The van der Waals surface area contributed by atoms with Crippen molar-refractivity contribution >= 4 is 17.9 Å². The predicted molar refractivity (Wildman–Crippen MR) is 348 cm³/mol. The third kappa shape index (κ3) is 63.9. The van der Waals surface area contributed by atoms with E-state index in [-0.39, 0.29) is 37.5 Å². The standard InChI is InChI=1S/C74H118O6/c1-4-7-10-13-16-18-20-22-24-26-28-30-31-32-33-34-35-36-37-38-39-40-41-42-43-45-46-48-50-52-54-56-58-61-64-67-73(76)79-70-71(69-78-72(75)66-63-60-15-12-9-6-3)80-74(77)68-65-62-59-57-55-53-51-49-47-44-29-27-25-23-21-19-17-14-11-8-5-2/h7-8,10-11,16-19,22-25,28-30,32-33,35-36,38-39,44,49,51,55,57,71H,4-6,9,12-15,20-21,26-27,31,34,37,40-43,45-48,50,52-54,56,58-70H2,1-3H3/b10-7-,11-8-,18-16-,19-17-,24-22-,25-23-,30-28-,33-32-,36-35-,39-38-,44-29-,51-49-,57-55-. The lowest BCUT2D eigenvalue weighted by Gasteiger charge is -2.18. The summed E-state index contributed by atoms with van der Waals surface area (Å²) >= 11 is 0. The Kier molecular flexibility index (Phi) is 62.4. The lowest BCUT2D eigenvalue weighted by molar-refractivity contribution is -0.167. The van der Waals surface area contributed by atoms with Gasteiger partial charge in [0.15, 0.2) is 6.10 Å². The second-order valence-corrected chi connectivity index (χ2v) is 20.9. The Morgan fingerprint density at radius 3 is 0.787 bits per heavy atom. The van der Waals surface area contributed by atoms with E-state index in [9.17, 15) is 14.4 Å². The maximum Gasteiger partial charge on any atom is 0.306 e. The van der Waals surface area contributed by atoms with Crippen molar-refractivity contribution in [3.63, 3.8) is 0 Å². The molecule has 0 aliphatic carbocycles. The molecule has 0 aromatic carbocycles. The molecular formula is C74H118O6. The van der Waals surface area contributed by atoms with E-state index in [0.29, 0.717) is 19.3 Å². The Morgan fingerprint density at radius 1 is 0.263 bits per heavy atom. The summed E-state index contributed by atoms with van der Waals surface area (Å²) in [7, 11) is 0. The maximum atomic E-state index is 12.8. The summed E-state index contributed by atoms with van der Waals surface area (Å²) < 4.78 is 16.8. The van der Waals surface area contributed by atoms with Crippen molar-refractivity contribution in [3.05, 3.63) is 158 Å². The Hall–Kier alpha value is -4.97. The SMILES string of the molecule is CC/C=C\C/C=C\C/C=C\C/C=C\C/C=C\C/C=C\C/C=C\CCCCCCCCCCCCCCCC(=O)OCC(COC(=O)CCCCCCCC)OC(=O)CCCC/C=C\C/C=C\C/C=C\C/C=C\C/C=C\C/C=C\CC. The largest absolute Gasteiger partial charge is 0.462 e. The molecule has 1 unspecified atom stereocenters. The van der Waals surface area contributed by atoms with Gasteiger partial charge in [-0.05, 0) is 128 Å². The van der Waals surface area contributed by atoms with Crippen LogP contribution in [0.1, 0.15) is 271 Å². The van der Waals surface area contributed by atoms with Gasteiger partial charge in [0.25, 0.3) is 0 Å². The number of carbonyl (C=O) groups is 3. The molecule has 0 bridgehead atoms. The number of rotatable bonds is 57. The van der Waals surface area contributed by atoms with Crippen LogP contribution in [0, 0.1) is 0 Å². The van der Waals surface area contributed by atoms with E-state index in [0.717, 1.165) is 135 Å². The highest BCUT2D eigenvalue weighted by Gasteiger charge is 2.19. The second kappa shape index (κ2) is 66.5. The molecule has 0 fully saturated rings. The summed E-state index contributed by atoms with van der Waals surface area (Å²) in [6.07, 6.45) is 97.2. The molecule has 1 atom stereocenters. The first kappa shape index (κ1) is 75.0. The number of esters is 3. The molecule has 0 rings (SSSR count). The van der Waals surface area contributed by atoms with E-state index in [1.807, 2.05) is 0 Å². The Bertz CT molecular complexity index is 1790. The Labute approximate surface area is 492 Å². The highest BCUT2D eigenvalue weighted by atomic mass is 16.6. The first-order valence-electron chi connectivity index (χ1n) is 32.5. The van der Waals surface area contributed by atoms with Crippen LogP contribution >= 0.6 is 0 Å². The van der Waals surface area contributed by atoms with Crippen molar-refractivity contribution in [2.75, 3.05) is 13.2 Å². The zero-order valence-corrected chi connectivity index (χ0v) is 51.5. The summed E-state index contributed by atoms with van der Waals surface area (Å²) in [5.74, 6) is -0.957. The molecule has 0 spiro atoms. The first-order chi connectivity index (χ1) is 39.5. The lowest BCUT2D eigenvalue weighted by atomic mass is 10.0. The molecule has 450 valence electrons. The average molecular weight is 1100 g/mol. The molecule has 0 saturated heterocycles.